The molecule has 0 bridgehead atoms. The monoisotopic (exact) mass is 260 g/mol. The maximum atomic E-state index is 11.1. The molecule has 0 atom stereocenters. The lowest BCUT2D eigenvalue weighted by atomic mass is 9.96. The molecule has 18 heavy (non-hydrogen) atoms. The minimum absolute atomic E-state index is 0.323. The molecule has 1 N–H and O–H groups in total. The normalized spacial score (nSPS) is 10.4. The van der Waals surface area contributed by atoms with Crippen LogP contribution in [0.2, 0.25) is 5.02 Å². The first kappa shape index (κ1) is 12.7. The van der Waals surface area contributed by atoms with Crippen LogP contribution in [0, 0.1) is 13.8 Å². The molecule has 0 saturated carbocycles. The summed E-state index contributed by atoms with van der Waals surface area (Å²) in [7, 11) is 0. The molecule has 2 nitrogen and oxygen atoms in total. The van der Waals surface area contributed by atoms with E-state index in [1.807, 2.05) is 38.1 Å². The van der Waals surface area contributed by atoms with E-state index in [1.165, 1.54) is 0 Å². The number of aromatic carboxylic acids is 1. The predicted octanol–water partition coefficient (Wildman–Crippen LogP) is 4.32. The molecular formula is C15H13ClO2. The van der Waals surface area contributed by atoms with Gasteiger partial charge in [-0.25, -0.2) is 4.79 Å². The molecule has 2 aromatic carbocycles. The summed E-state index contributed by atoms with van der Waals surface area (Å²) in [6.45, 7) is 3.75. The Morgan fingerprint density at radius 1 is 1.17 bits per heavy atom. The van der Waals surface area contributed by atoms with Crippen LogP contribution in [0.1, 0.15) is 21.5 Å². The van der Waals surface area contributed by atoms with E-state index in [-0.39, 0.29) is 0 Å². The SMILES string of the molecule is Cc1ccc(-c2cccc(C(=O)O)c2C)cc1Cl. The van der Waals surface area contributed by atoms with E-state index in [9.17, 15) is 4.79 Å². The molecule has 0 aliphatic carbocycles. The fourth-order valence-corrected chi connectivity index (χ4v) is 2.12. The smallest absolute Gasteiger partial charge is 0.335 e. The molecule has 0 spiro atoms. The Morgan fingerprint density at radius 3 is 2.50 bits per heavy atom. The molecule has 0 saturated heterocycles. The topological polar surface area (TPSA) is 37.3 Å². The Morgan fingerprint density at radius 2 is 1.89 bits per heavy atom. The Hall–Kier alpha value is -1.80. The number of carboxylic acids is 1. The van der Waals surface area contributed by atoms with Gasteiger partial charge in [0.1, 0.15) is 0 Å². The van der Waals surface area contributed by atoms with Crippen LogP contribution in [-0.4, -0.2) is 11.1 Å². The van der Waals surface area contributed by atoms with E-state index < -0.39 is 5.97 Å². The van der Waals surface area contributed by atoms with Crippen molar-refractivity contribution in [3.63, 3.8) is 0 Å². The zero-order chi connectivity index (χ0) is 13.3. The summed E-state index contributed by atoms with van der Waals surface area (Å²) in [5.74, 6) is -0.910. The van der Waals surface area contributed by atoms with Crippen LogP contribution in [0.3, 0.4) is 0 Å². The Labute approximate surface area is 111 Å². The quantitative estimate of drug-likeness (QED) is 0.873. The second kappa shape index (κ2) is 4.83. The van der Waals surface area contributed by atoms with Crippen molar-refractivity contribution in [2.75, 3.05) is 0 Å². The molecule has 0 heterocycles. The molecule has 0 amide bonds. The van der Waals surface area contributed by atoms with Gasteiger partial charge in [0, 0.05) is 5.02 Å². The first-order valence-electron chi connectivity index (χ1n) is 5.60. The lowest BCUT2D eigenvalue weighted by molar-refractivity contribution is 0.0696. The average molecular weight is 261 g/mol. The van der Waals surface area contributed by atoms with Gasteiger partial charge in [-0.05, 0) is 48.2 Å². The van der Waals surface area contributed by atoms with E-state index in [2.05, 4.69) is 0 Å². The van der Waals surface area contributed by atoms with Gasteiger partial charge in [0.2, 0.25) is 0 Å². The number of carboxylic acid groups (broad SMARTS) is 1. The molecule has 3 heteroatoms. The first-order valence-corrected chi connectivity index (χ1v) is 5.98. The fourth-order valence-electron chi connectivity index (χ4n) is 1.94. The number of rotatable bonds is 2. The Bertz CT molecular complexity index is 618. The zero-order valence-corrected chi connectivity index (χ0v) is 11.0. The van der Waals surface area contributed by atoms with E-state index in [0.717, 1.165) is 22.3 Å². The second-order valence-electron chi connectivity index (χ2n) is 4.25. The van der Waals surface area contributed by atoms with Crippen LogP contribution in [-0.2, 0) is 0 Å². The van der Waals surface area contributed by atoms with E-state index >= 15 is 0 Å². The van der Waals surface area contributed by atoms with Crippen LogP contribution in [0.5, 0.6) is 0 Å². The second-order valence-corrected chi connectivity index (χ2v) is 4.65. The molecular weight excluding hydrogens is 248 g/mol. The first-order chi connectivity index (χ1) is 8.50. The lowest BCUT2D eigenvalue weighted by Gasteiger charge is -2.10. The van der Waals surface area contributed by atoms with Gasteiger partial charge in [0.25, 0.3) is 0 Å². The number of benzene rings is 2. The molecule has 2 rings (SSSR count). The van der Waals surface area contributed by atoms with Gasteiger partial charge in [-0.15, -0.1) is 0 Å². The largest absolute Gasteiger partial charge is 0.478 e. The number of carbonyl (C=O) groups is 1. The third-order valence-electron chi connectivity index (χ3n) is 3.05. The summed E-state index contributed by atoms with van der Waals surface area (Å²) >= 11 is 6.10. The van der Waals surface area contributed by atoms with E-state index in [0.29, 0.717) is 10.6 Å². The van der Waals surface area contributed by atoms with Gasteiger partial charge < -0.3 is 5.11 Å². The lowest BCUT2D eigenvalue weighted by Crippen LogP contribution is -2.00. The highest BCUT2D eigenvalue weighted by molar-refractivity contribution is 6.31. The zero-order valence-electron chi connectivity index (χ0n) is 10.2. The van der Waals surface area contributed by atoms with Crippen LogP contribution in [0.4, 0.5) is 0 Å². The summed E-state index contributed by atoms with van der Waals surface area (Å²) in [5, 5.41) is 9.80. The molecule has 2 aromatic rings. The van der Waals surface area contributed by atoms with Gasteiger partial charge in [-0.1, -0.05) is 35.9 Å². The highest BCUT2D eigenvalue weighted by atomic mass is 35.5. The Kier molecular flexibility index (Phi) is 3.39. The number of hydrogen-bond donors (Lipinski definition) is 1. The van der Waals surface area contributed by atoms with Gasteiger partial charge in [-0.2, -0.15) is 0 Å². The predicted molar refractivity (Wildman–Crippen MR) is 73.3 cm³/mol. The van der Waals surface area contributed by atoms with Crippen molar-refractivity contribution in [1.82, 2.24) is 0 Å². The standard InChI is InChI=1S/C15H13ClO2/c1-9-6-7-11(8-14(9)16)12-4-3-5-13(10(12)2)15(17)18/h3-8H,1-2H3,(H,17,18). The van der Waals surface area contributed by atoms with Gasteiger partial charge >= 0.3 is 5.97 Å². The van der Waals surface area contributed by atoms with Crippen molar-refractivity contribution < 1.29 is 9.90 Å². The summed E-state index contributed by atoms with van der Waals surface area (Å²) in [6, 6.07) is 11.0. The van der Waals surface area contributed by atoms with Crippen LogP contribution in [0.15, 0.2) is 36.4 Å². The number of aryl methyl sites for hydroxylation is 1. The van der Waals surface area contributed by atoms with Crippen molar-refractivity contribution in [1.29, 1.82) is 0 Å². The van der Waals surface area contributed by atoms with Crippen molar-refractivity contribution in [2.24, 2.45) is 0 Å². The van der Waals surface area contributed by atoms with Gasteiger partial charge in [0.05, 0.1) is 5.56 Å². The number of halogens is 1. The maximum absolute atomic E-state index is 11.1. The molecule has 0 unspecified atom stereocenters. The third-order valence-corrected chi connectivity index (χ3v) is 3.45. The minimum Gasteiger partial charge on any atom is -0.478 e. The highest BCUT2D eigenvalue weighted by Crippen LogP contribution is 2.29. The van der Waals surface area contributed by atoms with Gasteiger partial charge in [-0.3, -0.25) is 0 Å². The molecule has 0 fully saturated rings. The molecule has 0 aliphatic heterocycles. The van der Waals surface area contributed by atoms with E-state index in [1.54, 1.807) is 12.1 Å². The van der Waals surface area contributed by atoms with Crippen LogP contribution in [0.25, 0.3) is 11.1 Å². The highest BCUT2D eigenvalue weighted by Gasteiger charge is 2.11. The Balaban J connectivity index is 2.60. The summed E-state index contributed by atoms with van der Waals surface area (Å²) in [4.78, 5) is 11.1. The summed E-state index contributed by atoms with van der Waals surface area (Å²) < 4.78 is 0. The van der Waals surface area contributed by atoms with Crippen molar-refractivity contribution in [3.05, 3.63) is 58.1 Å². The minimum atomic E-state index is -0.910. The molecule has 0 aromatic heterocycles. The molecule has 0 aliphatic rings. The molecule has 0 radical (unpaired) electrons. The van der Waals surface area contributed by atoms with Crippen LogP contribution >= 0.6 is 11.6 Å². The third kappa shape index (κ3) is 2.24. The maximum Gasteiger partial charge on any atom is 0.335 e. The summed E-state index contributed by atoms with van der Waals surface area (Å²) in [5.41, 5.74) is 3.92. The summed E-state index contributed by atoms with van der Waals surface area (Å²) in [6.07, 6.45) is 0. The van der Waals surface area contributed by atoms with Crippen molar-refractivity contribution in [3.8, 4) is 11.1 Å². The fraction of sp³-hybridized carbons (Fsp3) is 0.133. The average Bonchev–Trinajstić information content (AvgIpc) is 2.33. The van der Waals surface area contributed by atoms with Crippen LogP contribution < -0.4 is 0 Å². The van der Waals surface area contributed by atoms with Gasteiger partial charge in [0.15, 0.2) is 0 Å². The van der Waals surface area contributed by atoms with Crippen molar-refractivity contribution >= 4 is 17.6 Å². The molecule has 92 valence electrons. The van der Waals surface area contributed by atoms with E-state index in [4.69, 9.17) is 16.7 Å². The van der Waals surface area contributed by atoms with Crippen molar-refractivity contribution in [2.45, 2.75) is 13.8 Å². The number of hydrogen-bond acceptors (Lipinski definition) is 1.